The largest absolute Gasteiger partial charge is 0.326 e. The molecule has 0 bridgehead atoms. The first-order chi connectivity index (χ1) is 18.4. The molecule has 1 atom stereocenters. The van der Waals surface area contributed by atoms with Gasteiger partial charge < -0.3 is 10.2 Å². The van der Waals surface area contributed by atoms with Crippen LogP contribution in [0.3, 0.4) is 0 Å². The molecule has 2 N–H and O–H groups in total. The van der Waals surface area contributed by atoms with Gasteiger partial charge in [-0.1, -0.05) is 17.7 Å². The smallest absolute Gasteiger partial charge is 0.256 e. The number of rotatable bonds is 6. The molecule has 1 aromatic carbocycles. The molecule has 196 valence electrons. The van der Waals surface area contributed by atoms with Gasteiger partial charge in [0.25, 0.3) is 5.91 Å². The number of pyridine rings is 1. The van der Waals surface area contributed by atoms with E-state index in [-0.39, 0.29) is 29.6 Å². The molecule has 1 aliphatic heterocycles. The minimum Gasteiger partial charge on any atom is -0.326 e. The van der Waals surface area contributed by atoms with Crippen molar-refractivity contribution in [2.75, 3.05) is 17.2 Å². The monoisotopic (exact) mass is 532 g/mol. The number of carbonyl (C=O) groups is 3. The first-order valence-electron chi connectivity index (χ1n) is 12.8. The van der Waals surface area contributed by atoms with Crippen LogP contribution in [0.25, 0.3) is 0 Å². The maximum absolute atomic E-state index is 13.8. The van der Waals surface area contributed by atoms with E-state index in [1.165, 1.54) is 0 Å². The highest BCUT2D eigenvalue weighted by molar-refractivity contribution is 6.31. The second-order valence-electron chi connectivity index (χ2n) is 9.97. The standard InChI is InChI=1S/C28H29ClN6O3/c1-17-14-31-28(32-15-17)34-25(36)19-7-5-18(6-8-19)16-35-24(13-21-4-2-3-11-30-21)26(37)33-23-12-20(29)9-10-22(23)27(35)38/h2-4,9-12,14-15,18-19,24H,5-8,13,16H2,1H3,(H,33,37)(H,31,32,34,36). The van der Waals surface area contributed by atoms with Crippen molar-refractivity contribution in [2.45, 2.75) is 45.1 Å². The van der Waals surface area contributed by atoms with Crippen molar-refractivity contribution in [3.05, 3.63) is 76.8 Å². The maximum Gasteiger partial charge on any atom is 0.256 e. The van der Waals surface area contributed by atoms with Gasteiger partial charge in [0, 0.05) is 48.2 Å². The van der Waals surface area contributed by atoms with Crippen molar-refractivity contribution in [3.63, 3.8) is 0 Å². The van der Waals surface area contributed by atoms with Gasteiger partial charge in [0.15, 0.2) is 0 Å². The number of amides is 3. The summed E-state index contributed by atoms with van der Waals surface area (Å²) in [6.45, 7) is 2.31. The predicted molar refractivity (Wildman–Crippen MR) is 144 cm³/mol. The van der Waals surface area contributed by atoms with Crippen LogP contribution in [0.15, 0.2) is 55.0 Å². The van der Waals surface area contributed by atoms with Gasteiger partial charge >= 0.3 is 0 Å². The number of halogens is 1. The molecule has 0 spiro atoms. The van der Waals surface area contributed by atoms with E-state index in [2.05, 4.69) is 25.6 Å². The molecule has 1 saturated carbocycles. The highest BCUT2D eigenvalue weighted by atomic mass is 35.5. The Morgan fingerprint density at radius 1 is 1.08 bits per heavy atom. The lowest BCUT2D eigenvalue weighted by Crippen LogP contribution is -2.49. The number of hydrogen-bond donors (Lipinski definition) is 2. The molecular formula is C28H29ClN6O3. The van der Waals surface area contributed by atoms with Gasteiger partial charge in [-0.3, -0.25) is 24.7 Å². The second-order valence-corrected chi connectivity index (χ2v) is 10.4. The van der Waals surface area contributed by atoms with Crippen LogP contribution in [-0.2, 0) is 16.0 Å². The summed E-state index contributed by atoms with van der Waals surface area (Å²) in [6, 6.07) is 9.74. The van der Waals surface area contributed by atoms with Crippen molar-refractivity contribution in [1.29, 1.82) is 0 Å². The van der Waals surface area contributed by atoms with Gasteiger partial charge in [0.05, 0.1) is 11.3 Å². The molecule has 1 fully saturated rings. The third kappa shape index (κ3) is 5.83. The molecule has 2 aliphatic rings. The molecule has 3 amide bonds. The zero-order chi connectivity index (χ0) is 26.6. The Labute approximate surface area is 226 Å². The molecule has 1 aliphatic carbocycles. The Balaban J connectivity index is 1.30. The van der Waals surface area contributed by atoms with Gasteiger partial charge in [-0.05, 0) is 74.4 Å². The van der Waals surface area contributed by atoms with E-state index in [4.69, 9.17) is 11.6 Å². The normalized spacial score (nSPS) is 21.3. The van der Waals surface area contributed by atoms with E-state index in [1.54, 1.807) is 41.7 Å². The van der Waals surface area contributed by atoms with Crippen LogP contribution in [0, 0.1) is 18.8 Å². The zero-order valence-electron chi connectivity index (χ0n) is 21.1. The minimum atomic E-state index is -0.719. The lowest BCUT2D eigenvalue weighted by atomic mass is 9.81. The minimum absolute atomic E-state index is 0.0867. The summed E-state index contributed by atoms with van der Waals surface area (Å²) in [5, 5.41) is 6.15. The van der Waals surface area contributed by atoms with E-state index in [0.717, 1.165) is 24.1 Å². The van der Waals surface area contributed by atoms with Crippen molar-refractivity contribution >= 4 is 41.0 Å². The van der Waals surface area contributed by atoms with E-state index in [9.17, 15) is 14.4 Å². The fourth-order valence-corrected chi connectivity index (χ4v) is 5.32. The number of carbonyl (C=O) groups excluding carboxylic acids is 3. The van der Waals surface area contributed by atoms with Crippen molar-refractivity contribution < 1.29 is 14.4 Å². The van der Waals surface area contributed by atoms with Gasteiger partial charge in [-0.2, -0.15) is 0 Å². The zero-order valence-corrected chi connectivity index (χ0v) is 21.8. The average Bonchev–Trinajstić information content (AvgIpc) is 3.00. The number of aryl methyl sites for hydroxylation is 1. The number of anilines is 2. The topological polar surface area (TPSA) is 117 Å². The van der Waals surface area contributed by atoms with Crippen molar-refractivity contribution in [2.24, 2.45) is 11.8 Å². The summed E-state index contributed by atoms with van der Waals surface area (Å²) < 4.78 is 0. The highest BCUT2D eigenvalue weighted by Gasteiger charge is 2.38. The number of nitrogens with zero attached hydrogens (tertiary/aromatic N) is 4. The Bertz CT molecular complexity index is 1330. The van der Waals surface area contributed by atoms with Gasteiger partial charge in [0.2, 0.25) is 17.8 Å². The molecule has 10 heteroatoms. The number of nitrogens with one attached hydrogen (secondary N) is 2. The third-order valence-corrected chi connectivity index (χ3v) is 7.46. The molecule has 5 rings (SSSR count). The van der Waals surface area contributed by atoms with E-state index in [1.807, 2.05) is 25.1 Å². The summed E-state index contributed by atoms with van der Waals surface area (Å²) in [5.41, 5.74) is 2.48. The summed E-state index contributed by atoms with van der Waals surface area (Å²) in [4.78, 5) is 54.3. The average molecular weight is 533 g/mol. The van der Waals surface area contributed by atoms with Crippen LogP contribution in [0.5, 0.6) is 0 Å². The van der Waals surface area contributed by atoms with Crippen LogP contribution < -0.4 is 10.6 Å². The molecule has 38 heavy (non-hydrogen) atoms. The SMILES string of the molecule is Cc1cnc(NC(=O)C2CCC(CN3C(=O)c4ccc(Cl)cc4NC(=O)C3Cc3ccccn3)CC2)nc1. The van der Waals surface area contributed by atoms with E-state index in [0.29, 0.717) is 48.0 Å². The lowest BCUT2D eigenvalue weighted by Gasteiger charge is -2.35. The molecule has 0 radical (unpaired) electrons. The number of benzene rings is 1. The van der Waals surface area contributed by atoms with E-state index >= 15 is 0 Å². The lowest BCUT2D eigenvalue weighted by molar-refractivity contribution is -0.121. The number of aromatic nitrogens is 3. The quantitative estimate of drug-likeness (QED) is 0.489. The van der Waals surface area contributed by atoms with Crippen LogP contribution >= 0.6 is 11.6 Å². The molecular weight excluding hydrogens is 504 g/mol. The molecule has 1 unspecified atom stereocenters. The highest BCUT2D eigenvalue weighted by Crippen LogP contribution is 2.33. The van der Waals surface area contributed by atoms with Gasteiger partial charge in [-0.25, -0.2) is 9.97 Å². The molecule has 3 aromatic rings. The van der Waals surface area contributed by atoms with Crippen LogP contribution in [0.2, 0.25) is 5.02 Å². The molecule has 2 aromatic heterocycles. The predicted octanol–water partition coefficient (Wildman–Crippen LogP) is 4.28. The first kappa shape index (κ1) is 25.8. The van der Waals surface area contributed by atoms with Crippen molar-refractivity contribution in [3.8, 4) is 0 Å². The Morgan fingerprint density at radius 2 is 1.84 bits per heavy atom. The summed E-state index contributed by atoms with van der Waals surface area (Å²) >= 11 is 6.15. The Morgan fingerprint density at radius 3 is 2.55 bits per heavy atom. The van der Waals surface area contributed by atoms with Gasteiger partial charge in [-0.15, -0.1) is 0 Å². The number of fused-ring (bicyclic) bond motifs is 1. The van der Waals surface area contributed by atoms with Gasteiger partial charge in [0.1, 0.15) is 6.04 Å². The van der Waals surface area contributed by atoms with Crippen LogP contribution in [-0.4, -0.2) is 50.2 Å². The maximum atomic E-state index is 13.8. The molecule has 9 nitrogen and oxygen atoms in total. The van der Waals surface area contributed by atoms with E-state index < -0.39 is 6.04 Å². The second kappa shape index (κ2) is 11.3. The fraction of sp³-hybridized carbons (Fsp3) is 0.357. The molecule has 3 heterocycles. The number of hydrogen-bond acceptors (Lipinski definition) is 6. The third-order valence-electron chi connectivity index (χ3n) is 7.23. The summed E-state index contributed by atoms with van der Waals surface area (Å²) in [5.74, 6) is -0.252. The Hall–Kier alpha value is -3.85. The fourth-order valence-electron chi connectivity index (χ4n) is 5.14. The van der Waals surface area contributed by atoms with Crippen molar-refractivity contribution in [1.82, 2.24) is 19.9 Å². The van der Waals surface area contributed by atoms with Crippen LogP contribution in [0.1, 0.15) is 47.3 Å². The molecule has 0 saturated heterocycles. The summed E-state index contributed by atoms with van der Waals surface area (Å²) in [7, 11) is 0. The first-order valence-corrected chi connectivity index (χ1v) is 13.2. The van der Waals surface area contributed by atoms with Crippen LogP contribution in [0.4, 0.5) is 11.6 Å². The summed E-state index contributed by atoms with van der Waals surface area (Å²) in [6.07, 6.45) is 8.22. The Kier molecular flexibility index (Phi) is 7.64.